The standard InChI is InChI=1S/C23H25ClN2O4S/c1-13(27)29-20-10-19-16(9-18(20)24)17(14-6-5-7-15(8-14)28-4)11-23(30-19)12-22(2,3)25-21(31)26-23/h5-10,17H,11-12H2,1-4H3,(H2,25,26,31). The Hall–Kier alpha value is -2.51. The summed E-state index contributed by atoms with van der Waals surface area (Å²) in [5, 5.41) is 7.56. The molecular weight excluding hydrogens is 436 g/mol. The van der Waals surface area contributed by atoms with Crippen LogP contribution in [0.2, 0.25) is 5.02 Å². The van der Waals surface area contributed by atoms with E-state index in [1.165, 1.54) is 6.92 Å². The lowest BCUT2D eigenvalue weighted by Gasteiger charge is -2.50. The summed E-state index contributed by atoms with van der Waals surface area (Å²) in [5.41, 5.74) is 1.00. The number of ether oxygens (including phenoxy) is 3. The molecule has 2 aromatic rings. The first-order valence-corrected chi connectivity index (χ1v) is 10.8. The van der Waals surface area contributed by atoms with Gasteiger partial charge in [-0.3, -0.25) is 4.79 Å². The number of benzene rings is 2. The Labute approximate surface area is 192 Å². The van der Waals surface area contributed by atoms with Crippen molar-refractivity contribution in [3.05, 3.63) is 52.5 Å². The predicted molar refractivity (Wildman–Crippen MR) is 123 cm³/mol. The molecule has 0 aromatic heterocycles. The van der Waals surface area contributed by atoms with Crippen LogP contribution in [-0.2, 0) is 4.79 Å². The molecule has 0 bridgehead atoms. The van der Waals surface area contributed by atoms with Crippen molar-refractivity contribution in [2.75, 3.05) is 7.11 Å². The van der Waals surface area contributed by atoms with Gasteiger partial charge < -0.3 is 24.8 Å². The van der Waals surface area contributed by atoms with E-state index in [0.717, 1.165) is 16.9 Å². The molecule has 4 rings (SSSR count). The molecule has 2 N–H and O–H groups in total. The minimum Gasteiger partial charge on any atom is -0.497 e. The van der Waals surface area contributed by atoms with Gasteiger partial charge >= 0.3 is 5.97 Å². The zero-order valence-corrected chi connectivity index (χ0v) is 19.4. The molecule has 2 aliphatic rings. The van der Waals surface area contributed by atoms with Gasteiger partial charge in [-0.25, -0.2) is 0 Å². The Balaban J connectivity index is 1.85. The van der Waals surface area contributed by atoms with E-state index in [9.17, 15) is 4.79 Å². The van der Waals surface area contributed by atoms with E-state index < -0.39 is 11.7 Å². The van der Waals surface area contributed by atoms with Crippen molar-refractivity contribution in [2.24, 2.45) is 0 Å². The van der Waals surface area contributed by atoms with E-state index in [0.29, 0.717) is 28.7 Å². The van der Waals surface area contributed by atoms with Gasteiger partial charge in [0.2, 0.25) is 0 Å². The summed E-state index contributed by atoms with van der Waals surface area (Å²) in [5.74, 6) is 1.17. The van der Waals surface area contributed by atoms with Gasteiger partial charge in [-0.1, -0.05) is 23.7 Å². The number of carbonyl (C=O) groups is 1. The highest BCUT2D eigenvalue weighted by molar-refractivity contribution is 7.80. The zero-order valence-electron chi connectivity index (χ0n) is 17.9. The van der Waals surface area contributed by atoms with Crippen molar-refractivity contribution in [1.82, 2.24) is 10.6 Å². The van der Waals surface area contributed by atoms with Crippen LogP contribution >= 0.6 is 23.8 Å². The van der Waals surface area contributed by atoms with Crippen molar-refractivity contribution in [2.45, 2.75) is 50.8 Å². The number of hydrogen-bond donors (Lipinski definition) is 2. The second-order valence-corrected chi connectivity index (χ2v) is 9.50. The number of hydrogen-bond acceptors (Lipinski definition) is 5. The van der Waals surface area contributed by atoms with E-state index in [4.69, 9.17) is 38.0 Å². The average Bonchev–Trinajstić information content (AvgIpc) is 2.66. The Morgan fingerprint density at radius 3 is 2.71 bits per heavy atom. The van der Waals surface area contributed by atoms with E-state index >= 15 is 0 Å². The van der Waals surface area contributed by atoms with Crippen LogP contribution in [0.15, 0.2) is 36.4 Å². The van der Waals surface area contributed by atoms with Crippen LogP contribution in [0.5, 0.6) is 17.2 Å². The highest BCUT2D eigenvalue weighted by Gasteiger charge is 2.49. The molecule has 31 heavy (non-hydrogen) atoms. The molecule has 2 atom stereocenters. The van der Waals surface area contributed by atoms with Gasteiger partial charge in [0.05, 0.1) is 12.1 Å². The molecule has 2 unspecified atom stereocenters. The molecule has 2 aromatic carbocycles. The van der Waals surface area contributed by atoms with E-state index in [2.05, 4.69) is 30.5 Å². The van der Waals surface area contributed by atoms with E-state index in [-0.39, 0.29) is 17.2 Å². The molecule has 1 saturated heterocycles. The molecule has 2 aliphatic heterocycles. The van der Waals surface area contributed by atoms with Crippen molar-refractivity contribution in [3.63, 3.8) is 0 Å². The molecule has 6 nitrogen and oxygen atoms in total. The monoisotopic (exact) mass is 460 g/mol. The second-order valence-electron chi connectivity index (χ2n) is 8.68. The maximum Gasteiger partial charge on any atom is 0.308 e. The maximum atomic E-state index is 11.5. The quantitative estimate of drug-likeness (QED) is 0.396. The SMILES string of the molecule is COc1cccc(C2CC3(CC(C)(C)NC(=S)N3)Oc3cc(OC(C)=O)c(Cl)cc32)c1. The lowest BCUT2D eigenvalue weighted by atomic mass is 9.77. The second kappa shape index (κ2) is 7.88. The molecule has 0 aliphatic carbocycles. The van der Waals surface area contributed by atoms with Gasteiger partial charge in [0, 0.05) is 42.9 Å². The normalized spacial score (nSPS) is 23.8. The van der Waals surface area contributed by atoms with E-state index in [1.807, 2.05) is 24.3 Å². The fraction of sp³-hybridized carbons (Fsp3) is 0.391. The lowest BCUT2D eigenvalue weighted by Crippen LogP contribution is -2.69. The summed E-state index contributed by atoms with van der Waals surface area (Å²) in [6.07, 6.45) is 1.31. The molecule has 0 amide bonds. The number of rotatable bonds is 3. The number of halogens is 1. The number of fused-ring (bicyclic) bond motifs is 1. The molecule has 0 radical (unpaired) electrons. The first kappa shape index (κ1) is 21.7. The van der Waals surface area contributed by atoms with Crippen LogP contribution in [0.4, 0.5) is 0 Å². The van der Waals surface area contributed by atoms with Crippen molar-refractivity contribution >= 4 is 34.9 Å². The molecule has 164 valence electrons. The first-order valence-electron chi connectivity index (χ1n) is 10.0. The molecule has 2 heterocycles. The van der Waals surface area contributed by atoms with Crippen LogP contribution in [0.3, 0.4) is 0 Å². The number of thiocarbonyl (C=S) groups is 1. The maximum absolute atomic E-state index is 11.5. The van der Waals surface area contributed by atoms with Crippen molar-refractivity contribution in [1.29, 1.82) is 0 Å². The molecule has 8 heteroatoms. The minimum atomic E-state index is -0.728. The third-order valence-corrected chi connectivity index (χ3v) is 6.05. The molecule has 0 saturated carbocycles. The number of methoxy groups -OCH3 is 1. The van der Waals surface area contributed by atoms with Gasteiger partial charge in [0.1, 0.15) is 11.5 Å². The highest BCUT2D eigenvalue weighted by Crippen LogP contribution is 2.49. The third-order valence-electron chi connectivity index (χ3n) is 5.55. The van der Waals surface area contributed by atoms with Crippen LogP contribution in [0, 0.1) is 0 Å². The summed E-state index contributed by atoms with van der Waals surface area (Å²) in [6.45, 7) is 5.52. The summed E-state index contributed by atoms with van der Waals surface area (Å²) < 4.78 is 17.3. The molecule has 1 spiro atoms. The summed E-state index contributed by atoms with van der Waals surface area (Å²) in [7, 11) is 1.65. The van der Waals surface area contributed by atoms with E-state index in [1.54, 1.807) is 13.2 Å². The fourth-order valence-electron chi connectivity index (χ4n) is 4.52. The largest absolute Gasteiger partial charge is 0.497 e. The van der Waals surface area contributed by atoms with Crippen LogP contribution in [-0.4, -0.2) is 29.5 Å². The highest BCUT2D eigenvalue weighted by atomic mass is 35.5. The van der Waals surface area contributed by atoms with Gasteiger partial charge in [-0.05, 0) is 49.8 Å². The summed E-state index contributed by atoms with van der Waals surface area (Å²) in [4.78, 5) is 11.5. The number of nitrogens with one attached hydrogen (secondary N) is 2. The van der Waals surface area contributed by atoms with Crippen molar-refractivity contribution in [3.8, 4) is 17.2 Å². The summed E-state index contributed by atoms with van der Waals surface area (Å²) >= 11 is 12.0. The molecule has 1 fully saturated rings. The van der Waals surface area contributed by atoms with Crippen molar-refractivity contribution < 1.29 is 19.0 Å². The topological polar surface area (TPSA) is 68.8 Å². The first-order chi connectivity index (χ1) is 14.6. The van der Waals surface area contributed by atoms with Gasteiger partial charge in [-0.2, -0.15) is 0 Å². The van der Waals surface area contributed by atoms with Crippen LogP contribution in [0.1, 0.15) is 50.7 Å². The predicted octanol–water partition coefficient (Wildman–Crippen LogP) is 4.53. The van der Waals surface area contributed by atoms with Crippen LogP contribution < -0.4 is 24.8 Å². The lowest BCUT2D eigenvalue weighted by molar-refractivity contribution is -0.131. The Kier molecular flexibility index (Phi) is 5.52. The minimum absolute atomic E-state index is 0.0353. The summed E-state index contributed by atoms with van der Waals surface area (Å²) in [6, 6.07) is 11.5. The van der Waals surface area contributed by atoms with Gasteiger partial charge in [0.15, 0.2) is 16.6 Å². The third kappa shape index (κ3) is 4.43. The Morgan fingerprint density at radius 1 is 1.26 bits per heavy atom. The Morgan fingerprint density at radius 2 is 2.03 bits per heavy atom. The Bertz CT molecular complexity index is 1060. The molecular formula is C23H25ClN2O4S. The smallest absolute Gasteiger partial charge is 0.308 e. The van der Waals surface area contributed by atoms with Gasteiger partial charge in [0.25, 0.3) is 0 Å². The average molecular weight is 461 g/mol. The van der Waals surface area contributed by atoms with Gasteiger partial charge in [-0.15, -0.1) is 0 Å². The zero-order chi connectivity index (χ0) is 22.4. The fourth-order valence-corrected chi connectivity index (χ4v) is 5.20. The number of carbonyl (C=O) groups excluding carboxylic acids is 1. The number of esters is 1. The van der Waals surface area contributed by atoms with Crippen LogP contribution in [0.25, 0.3) is 0 Å².